The van der Waals surface area contributed by atoms with Gasteiger partial charge in [-0.3, -0.25) is 0 Å². The summed E-state index contributed by atoms with van der Waals surface area (Å²) in [7, 11) is 0. The molecule has 0 aliphatic rings. The number of hydrogen-bond acceptors (Lipinski definition) is 3. The number of rotatable bonds is 3. The maximum Gasteiger partial charge on any atom is 0.148 e. The van der Waals surface area contributed by atoms with E-state index in [1.807, 2.05) is 24.3 Å². The van der Waals surface area contributed by atoms with Crippen molar-refractivity contribution in [2.24, 2.45) is 5.73 Å². The van der Waals surface area contributed by atoms with Crippen molar-refractivity contribution in [3.05, 3.63) is 56.4 Å². The summed E-state index contributed by atoms with van der Waals surface area (Å²) >= 11 is 5.25. The van der Waals surface area contributed by atoms with Gasteiger partial charge in [0.15, 0.2) is 0 Å². The Labute approximate surface area is 124 Å². The van der Waals surface area contributed by atoms with E-state index in [4.69, 9.17) is 10.2 Å². The number of furan rings is 1. The van der Waals surface area contributed by atoms with Gasteiger partial charge in [0, 0.05) is 15.1 Å². The lowest BCUT2D eigenvalue weighted by Gasteiger charge is -2.05. The summed E-state index contributed by atoms with van der Waals surface area (Å²) in [6.45, 7) is 2.15. The molecule has 1 unspecified atom stereocenters. The molecule has 2 heterocycles. The molecule has 0 saturated heterocycles. The Balaban J connectivity index is 2.01. The minimum atomic E-state index is -0.190. The summed E-state index contributed by atoms with van der Waals surface area (Å²) in [5, 5.41) is 1.08. The smallest absolute Gasteiger partial charge is 0.148 e. The van der Waals surface area contributed by atoms with Gasteiger partial charge in [-0.15, -0.1) is 11.3 Å². The zero-order chi connectivity index (χ0) is 13.4. The fourth-order valence-electron chi connectivity index (χ4n) is 2.09. The first-order valence-electron chi connectivity index (χ1n) is 6.21. The maximum absolute atomic E-state index is 6.30. The van der Waals surface area contributed by atoms with Crippen LogP contribution in [0.5, 0.6) is 0 Å². The molecular weight excluding hydrogens is 322 g/mol. The van der Waals surface area contributed by atoms with Gasteiger partial charge in [-0.05, 0) is 46.6 Å². The number of nitrogens with two attached hydrogens (primary N) is 1. The highest BCUT2D eigenvalue weighted by atomic mass is 79.9. The van der Waals surface area contributed by atoms with Crippen LogP contribution in [0.4, 0.5) is 0 Å². The molecule has 3 aromatic rings. The van der Waals surface area contributed by atoms with Gasteiger partial charge in [-0.1, -0.05) is 19.1 Å². The van der Waals surface area contributed by atoms with Crippen LogP contribution < -0.4 is 5.73 Å². The van der Waals surface area contributed by atoms with Crippen molar-refractivity contribution >= 4 is 38.2 Å². The highest BCUT2D eigenvalue weighted by molar-refractivity contribution is 9.10. The van der Waals surface area contributed by atoms with Crippen molar-refractivity contribution < 1.29 is 4.42 Å². The van der Waals surface area contributed by atoms with Crippen LogP contribution in [-0.4, -0.2) is 0 Å². The molecule has 2 nitrogen and oxygen atoms in total. The number of benzene rings is 1. The number of thiophene rings is 1. The average Bonchev–Trinajstić information content (AvgIpc) is 3.05. The van der Waals surface area contributed by atoms with E-state index in [1.54, 1.807) is 11.3 Å². The van der Waals surface area contributed by atoms with Crippen molar-refractivity contribution in [1.29, 1.82) is 0 Å². The molecule has 2 N–H and O–H groups in total. The van der Waals surface area contributed by atoms with E-state index in [1.165, 1.54) is 4.88 Å². The summed E-state index contributed by atoms with van der Waals surface area (Å²) in [5.41, 5.74) is 7.16. The van der Waals surface area contributed by atoms with E-state index in [2.05, 4.69) is 35.0 Å². The third-order valence-electron chi connectivity index (χ3n) is 3.16. The lowest BCUT2D eigenvalue weighted by molar-refractivity contribution is 0.526. The zero-order valence-corrected chi connectivity index (χ0v) is 12.9. The fraction of sp³-hybridized carbons (Fsp3) is 0.200. The van der Waals surface area contributed by atoms with Gasteiger partial charge in [0.05, 0.1) is 10.5 Å². The quantitative estimate of drug-likeness (QED) is 0.741. The summed E-state index contributed by atoms with van der Waals surface area (Å²) in [6.07, 6.45) is 1.04. The van der Waals surface area contributed by atoms with Crippen LogP contribution in [0.2, 0.25) is 0 Å². The van der Waals surface area contributed by atoms with Crippen molar-refractivity contribution in [1.82, 2.24) is 0 Å². The minimum Gasteiger partial charge on any atom is -0.458 e. The van der Waals surface area contributed by atoms with Crippen LogP contribution in [0.1, 0.15) is 28.5 Å². The molecule has 1 atom stereocenters. The molecule has 3 rings (SSSR count). The molecule has 0 amide bonds. The maximum atomic E-state index is 6.30. The van der Waals surface area contributed by atoms with Crippen LogP contribution in [-0.2, 0) is 6.42 Å². The fourth-order valence-corrected chi connectivity index (χ4v) is 3.52. The Morgan fingerprint density at radius 2 is 2.16 bits per heavy atom. The van der Waals surface area contributed by atoms with Crippen LogP contribution in [0.3, 0.4) is 0 Å². The van der Waals surface area contributed by atoms with E-state index in [-0.39, 0.29) is 6.04 Å². The second-order valence-corrected chi connectivity index (χ2v) is 6.50. The molecule has 0 saturated carbocycles. The van der Waals surface area contributed by atoms with Crippen LogP contribution in [0.25, 0.3) is 11.0 Å². The molecular formula is C15H14BrNOS. The largest absolute Gasteiger partial charge is 0.458 e. The molecule has 0 radical (unpaired) electrons. The first-order chi connectivity index (χ1) is 9.19. The third-order valence-corrected chi connectivity index (χ3v) is 5.10. The first kappa shape index (κ1) is 12.9. The molecule has 0 bridgehead atoms. The van der Waals surface area contributed by atoms with Gasteiger partial charge in [-0.2, -0.15) is 0 Å². The number of para-hydroxylation sites is 1. The highest BCUT2D eigenvalue weighted by Crippen LogP contribution is 2.33. The molecule has 0 fully saturated rings. The molecule has 0 aliphatic heterocycles. The molecule has 98 valence electrons. The third kappa shape index (κ3) is 2.36. The van der Waals surface area contributed by atoms with E-state index in [9.17, 15) is 0 Å². The lowest BCUT2D eigenvalue weighted by Crippen LogP contribution is -2.08. The predicted octanol–water partition coefficient (Wildman–Crippen LogP) is 4.87. The Hall–Kier alpha value is -1.10. The number of aryl methyl sites for hydroxylation is 1. The Kier molecular flexibility index (Phi) is 3.48. The van der Waals surface area contributed by atoms with E-state index >= 15 is 0 Å². The van der Waals surface area contributed by atoms with E-state index < -0.39 is 0 Å². The van der Waals surface area contributed by atoms with Gasteiger partial charge in [-0.25, -0.2) is 0 Å². The first-order valence-corrected chi connectivity index (χ1v) is 7.82. The highest BCUT2D eigenvalue weighted by Gasteiger charge is 2.16. The normalized spacial score (nSPS) is 13.0. The van der Waals surface area contributed by atoms with Crippen LogP contribution >= 0.6 is 27.3 Å². The Bertz CT molecular complexity index is 716. The Morgan fingerprint density at radius 3 is 2.84 bits per heavy atom. The number of fused-ring (bicyclic) bond motifs is 1. The minimum absolute atomic E-state index is 0.190. The topological polar surface area (TPSA) is 39.2 Å². The van der Waals surface area contributed by atoms with Gasteiger partial charge < -0.3 is 10.2 Å². The van der Waals surface area contributed by atoms with E-state index in [0.29, 0.717) is 0 Å². The molecule has 2 aromatic heterocycles. The van der Waals surface area contributed by atoms with Crippen molar-refractivity contribution in [3.8, 4) is 0 Å². The SMILES string of the molecule is CCc1ccc(C(N)c2cc3cccc(Br)c3o2)s1. The molecule has 0 spiro atoms. The van der Waals surface area contributed by atoms with Gasteiger partial charge >= 0.3 is 0 Å². The summed E-state index contributed by atoms with van der Waals surface area (Å²) in [4.78, 5) is 2.50. The van der Waals surface area contributed by atoms with Crippen molar-refractivity contribution in [2.75, 3.05) is 0 Å². The number of hydrogen-bond donors (Lipinski definition) is 1. The lowest BCUT2D eigenvalue weighted by atomic mass is 10.2. The molecule has 0 aliphatic carbocycles. The second kappa shape index (κ2) is 5.12. The molecule has 1 aromatic carbocycles. The summed E-state index contributed by atoms with van der Waals surface area (Å²) in [6, 6.07) is 12.1. The van der Waals surface area contributed by atoms with Gasteiger partial charge in [0.1, 0.15) is 11.3 Å². The Morgan fingerprint density at radius 1 is 1.32 bits per heavy atom. The standard InChI is InChI=1S/C15H14BrNOS/c1-2-10-6-7-13(19-10)14(17)12-8-9-4-3-5-11(16)15(9)18-12/h3-8,14H,2,17H2,1H3. The van der Waals surface area contributed by atoms with Gasteiger partial charge in [0.25, 0.3) is 0 Å². The van der Waals surface area contributed by atoms with Crippen molar-refractivity contribution in [2.45, 2.75) is 19.4 Å². The predicted molar refractivity (Wildman–Crippen MR) is 83.6 cm³/mol. The van der Waals surface area contributed by atoms with Crippen molar-refractivity contribution in [3.63, 3.8) is 0 Å². The molecule has 4 heteroatoms. The van der Waals surface area contributed by atoms with Crippen LogP contribution in [0, 0.1) is 0 Å². The second-order valence-electron chi connectivity index (χ2n) is 4.44. The zero-order valence-electron chi connectivity index (χ0n) is 10.5. The van der Waals surface area contributed by atoms with Crippen LogP contribution in [0.15, 0.2) is 45.3 Å². The monoisotopic (exact) mass is 335 g/mol. The van der Waals surface area contributed by atoms with Gasteiger partial charge in [0.2, 0.25) is 0 Å². The summed E-state index contributed by atoms with van der Waals surface area (Å²) < 4.78 is 6.85. The number of halogens is 1. The molecule has 19 heavy (non-hydrogen) atoms. The average molecular weight is 336 g/mol. The van der Waals surface area contributed by atoms with E-state index in [0.717, 1.165) is 32.5 Å². The summed E-state index contributed by atoms with van der Waals surface area (Å²) in [5.74, 6) is 0.811.